The number of piperazine rings is 1. The molecular weight excluding hydrogens is 377 g/mol. The third kappa shape index (κ3) is 4.97. The molecule has 2 aromatic rings. The van der Waals surface area contributed by atoms with Crippen LogP contribution in [0, 0.1) is 5.82 Å². The van der Waals surface area contributed by atoms with E-state index in [0.29, 0.717) is 19.7 Å². The van der Waals surface area contributed by atoms with Crippen LogP contribution in [0.2, 0.25) is 0 Å². The zero-order valence-electron chi connectivity index (χ0n) is 15.9. The highest BCUT2D eigenvalue weighted by atomic mass is 32.1. The number of thiophene rings is 1. The largest absolute Gasteiger partial charge is 0.371 e. The van der Waals surface area contributed by atoms with E-state index in [1.165, 1.54) is 17.7 Å². The minimum atomic E-state index is -0.255. The number of morpholine rings is 1. The molecule has 0 N–H and O–H groups in total. The second kappa shape index (κ2) is 9.13. The first kappa shape index (κ1) is 19.5. The van der Waals surface area contributed by atoms with Crippen molar-refractivity contribution < 1.29 is 13.9 Å². The smallest absolute Gasteiger partial charge is 0.236 e. The molecular formula is C21H26FN3O2S. The molecule has 2 saturated heterocycles. The molecule has 1 amide bonds. The Bertz CT molecular complexity index is 778. The molecule has 0 bridgehead atoms. The summed E-state index contributed by atoms with van der Waals surface area (Å²) in [6, 6.07) is 8.70. The summed E-state index contributed by atoms with van der Waals surface area (Å²) in [6.45, 7) is 6.66. The normalized spacial score (nSPS) is 21.8. The Morgan fingerprint density at radius 3 is 2.75 bits per heavy atom. The van der Waals surface area contributed by atoms with Gasteiger partial charge in [0, 0.05) is 45.8 Å². The van der Waals surface area contributed by atoms with Crippen molar-refractivity contribution in [3.63, 3.8) is 0 Å². The van der Waals surface area contributed by atoms with Gasteiger partial charge in [-0.1, -0.05) is 12.1 Å². The molecule has 0 radical (unpaired) electrons. The first-order valence-electron chi connectivity index (χ1n) is 9.78. The number of benzene rings is 1. The molecule has 1 aromatic carbocycles. The molecule has 3 heterocycles. The van der Waals surface area contributed by atoms with Gasteiger partial charge in [-0.05, 0) is 40.1 Å². The number of nitrogens with zero attached hydrogens (tertiary/aromatic N) is 3. The molecule has 1 atom stereocenters. The zero-order valence-corrected chi connectivity index (χ0v) is 16.7. The maximum Gasteiger partial charge on any atom is 0.236 e. The number of hydrogen-bond donors (Lipinski definition) is 0. The number of carbonyl (C=O) groups is 1. The molecule has 1 unspecified atom stereocenters. The maximum atomic E-state index is 13.5. The minimum absolute atomic E-state index is 0.176. The van der Waals surface area contributed by atoms with Crippen LogP contribution in [-0.4, -0.2) is 73.0 Å². The van der Waals surface area contributed by atoms with E-state index in [-0.39, 0.29) is 17.8 Å². The average molecular weight is 404 g/mol. The van der Waals surface area contributed by atoms with Crippen LogP contribution in [0.1, 0.15) is 17.2 Å². The molecule has 5 nitrogen and oxygen atoms in total. The Morgan fingerprint density at radius 2 is 2.00 bits per heavy atom. The lowest BCUT2D eigenvalue weighted by Gasteiger charge is -2.37. The Hall–Kier alpha value is -1.80. The maximum absolute atomic E-state index is 13.5. The summed E-state index contributed by atoms with van der Waals surface area (Å²) in [5.41, 5.74) is 2.18. The van der Waals surface area contributed by atoms with E-state index < -0.39 is 0 Å². The Kier molecular flexibility index (Phi) is 6.36. The highest BCUT2D eigenvalue weighted by molar-refractivity contribution is 7.07. The van der Waals surface area contributed by atoms with Gasteiger partial charge in [0.25, 0.3) is 0 Å². The second-order valence-corrected chi connectivity index (χ2v) is 8.22. The predicted octanol–water partition coefficient (Wildman–Crippen LogP) is 2.60. The molecule has 1 aromatic heterocycles. The monoisotopic (exact) mass is 403 g/mol. The highest BCUT2D eigenvalue weighted by Crippen LogP contribution is 2.23. The van der Waals surface area contributed by atoms with Crippen LogP contribution in [0.15, 0.2) is 41.1 Å². The minimum Gasteiger partial charge on any atom is -0.371 e. The van der Waals surface area contributed by atoms with E-state index in [0.717, 1.165) is 44.8 Å². The number of ether oxygens (including phenoxy) is 1. The SMILES string of the molecule is O=C(CN1CCOC(c2cccc(F)c2)C1)N1CCN(Cc2ccsc2)CC1. The molecule has 0 spiro atoms. The third-order valence-electron chi connectivity index (χ3n) is 5.44. The predicted molar refractivity (Wildman–Crippen MR) is 108 cm³/mol. The average Bonchev–Trinajstić information content (AvgIpc) is 3.22. The lowest BCUT2D eigenvalue weighted by Crippen LogP contribution is -2.52. The quantitative estimate of drug-likeness (QED) is 0.769. The van der Waals surface area contributed by atoms with Crippen LogP contribution in [0.25, 0.3) is 0 Å². The molecule has 150 valence electrons. The molecule has 2 fully saturated rings. The molecule has 28 heavy (non-hydrogen) atoms. The molecule has 2 aliphatic heterocycles. The van der Waals surface area contributed by atoms with Crippen molar-refractivity contribution in [2.24, 2.45) is 0 Å². The van der Waals surface area contributed by atoms with Crippen molar-refractivity contribution in [2.75, 3.05) is 52.4 Å². The van der Waals surface area contributed by atoms with E-state index in [9.17, 15) is 9.18 Å². The molecule has 4 rings (SSSR count). The van der Waals surface area contributed by atoms with Crippen molar-refractivity contribution in [2.45, 2.75) is 12.6 Å². The Balaban J connectivity index is 1.25. The number of amides is 1. The fraction of sp³-hybridized carbons (Fsp3) is 0.476. The van der Waals surface area contributed by atoms with Crippen molar-refractivity contribution in [3.05, 3.63) is 58.0 Å². The fourth-order valence-electron chi connectivity index (χ4n) is 3.84. The van der Waals surface area contributed by atoms with Gasteiger partial charge in [0.05, 0.1) is 19.3 Å². The van der Waals surface area contributed by atoms with Crippen molar-refractivity contribution >= 4 is 17.2 Å². The summed E-state index contributed by atoms with van der Waals surface area (Å²) in [5, 5.41) is 4.29. The van der Waals surface area contributed by atoms with Crippen LogP contribution in [-0.2, 0) is 16.1 Å². The van der Waals surface area contributed by atoms with E-state index in [4.69, 9.17) is 4.74 Å². The van der Waals surface area contributed by atoms with Gasteiger partial charge >= 0.3 is 0 Å². The zero-order chi connectivity index (χ0) is 19.3. The van der Waals surface area contributed by atoms with E-state index >= 15 is 0 Å². The molecule has 0 saturated carbocycles. The summed E-state index contributed by atoms with van der Waals surface area (Å²) < 4.78 is 19.3. The van der Waals surface area contributed by atoms with E-state index in [1.807, 2.05) is 11.0 Å². The summed E-state index contributed by atoms with van der Waals surface area (Å²) in [5.74, 6) is -0.0790. The molecule has 2 aliphatic rings. The van der Waals surface area contributed by atoms with Crippen LogP contribution in [0.3, 0.4) is 0 Å². The summed E-state index contributed by atoms with van der Waals surface area (Å²) in [7, 11) is 0. The highest BCUT2D eigenvalue weighted by Gasteiger charge is 2.27. The van der Waals surface area contributed by atoms with E-state index in [2.05, 4.69) is 26.6 Å². The van der Waals surface area contributed by atoms with Gasteiger partial charge in [0.15, 0.2) is 0 Å². The van der Waals surface area contributed by atoms with Gasteiger partial charge in [-0.3, -0.25) is 14.6 Å². The second-order valence-electron chi connectivity index (χ2n) is 7.44. The standard InChI is InChI=1S/C21H26FN3O2S/c22-19-3-1-2-18(12-19)20-14-24(9-10-27-20)15-21(26)25-7-5-23(6-8-25)13-17-4-11-28-16-17/h1-4,11-12,16,20H,5-10,13-15H2. The molecule has 7 heteroatoms. The number of hydrogen-bond acceptors (Lipinski definition) is 5. The van der Waals surface area contributed by atoms with Crippen molar-refractivity contribution in [3.8, 4) is 0 Å². The molecule has 0 aliphatic carbocycles. The topological polar surface area (TPSA) is 36.0 Å². The lowest BCUT2D eigenvalue weighted by molar-refractivity contribution is -0.136. The van der Waals surface area contributed by atoms with Crippen LogP contribution < -0.4 is 0 Å². The summed E-state index contributed by atoms with van der Waals surface area (Å²) >= 11 is 1.72. The first-order chi connectivity index (χ1) is 13.7. The van der Waals surface area contributed by atoms with Gasteiger partial charge in [-0.15, -0.1) is 0 Å². The summed E-state index contributed by atoms with van der Waals surface area (Å²) in [4.78, 5) is 19.3. The van der Waals surface area contributed by atoms with Crippen molar-refractivity contribution in [1.82, 2.24) is 14.7 Å². The summed E-state index contributed by atoms with van der Waals surface area (Å²) in [6.07, 6.45) is -0.181. The Morgan fingerprint density at radius 1 is 1.14 bits per heavy atom. The van der Waals surface area contributed by atoms with Crippen LogP contribution in [0.4, 0.5) is 4.39 Å². The van der Waals surface area contributed by atoms with Gasteiger partial charge in [-0.2, -0.15) is 11.3 Å². The van der Waals surface area contributed by atoms with Gasteiger partial charge in [-0.25, -0.2) is 4.39 Å². The van der Waals surface area contributed by atoms with Crippen LogP contribution in [0.5, 0.6) is 0 Å². The number of halogens is 1. The lowest BCUT2D eigenvalue weighted by atomic mass is 10.1. The van der Waals surface area contributed by atoms with Gasteiger partial charge in [0.1, 0.15) is 5.82 Å². The number of carbonyl (C=O) groups excluding carboxylic acids is 1. The number of rotatable bonds is 5. The third-order valence-corrected chi connectivity index (χ3v) is 6.17. The fourth-order valence-corrected chi connectivity index (χ4v) is 4.50. The van der Waals surface area contributed by atoms with Crippen molar-refractivity contribution in [1.29, 1.82) is 0 Å². The van der Waals surface area contributed by atoms with Gasteiger partial charge in [0.2, 0.25) is 5.91 Å². The first-order valence-corrected chi connectivity index (χ1v) is 10.7. The van der Waals surface area contributed by atoms with Crippen LogP contribution >= 0.6 is 11.3 Å². The van der Waals surface area contributed by atoms with Gasteiger partial charge < -0.3 is 9.64 Å². The Labute approximate surface area is 169 Å². The van der Waals surface area contributed by atoms with E-state index in [1.54, 1.807) is 17.4 Å².